The van der Waals surface area contributed by atoms with Crippen molar-refractivity contribution in [3.05, 3.63) is 34.3 Å². The molecule has 0 atom stereocenters. The third-order valence-electron chi connectivity index (χ3n) is 4.58. The van der Waals surface area contributed by atoms with Gasteiger partial charge in [-0.05, 0) is 49.3 Å². The second-order valence-corrected chi connectivity index (χ2v) is 6.70. The average Bonchev–Trinajstić information content (AvgIpc) is 2.37. The molecule has 2 fully saturated rings. The molecule has 0 bridgehead atoms. The Bertz CT molecular complexity index is 462. The smallest absolute Gasteiger partial charge is 0.225 e. The van der Waals surface area contributed by atoms with Crippen molar-refractivity contribution < 1.29 is 4.79 Å². The molecule has 1 amide bonds. The van der Waals surface area contributed by atoms with E-state index in [-0.39, 0.29) is 0 Å². The summed E-state index contributed by atoms with van der Waals surface area (Å²) in [7, 11) is 0. The van der Waals surface area contributed by atoms with Crippen molar-refractivity contribution in [2.75, 3.05) is 13.1 Å². The van der Waals surface area contributed by atoms with Gasteiger partial charge in [-0.3, -0.25) is 4.79 Å². The summed E-state index contributed by atoms with van der Waals surface area (Å²) < 4.78 is 1.15. The molecule has 2 aliphatic rings. The molecule has 1 heterocycles. The fourth-order valence-corrected chi connectivity index (χ4v) is 3.52. The lowest BCUT2D eigenvalue weighted by Gasteiger charge is -2.36. The van der Waals surface area contributed by atoms with E-state index in [1.807, 2.05) is 0 Å². The van der Waals surface area contributed by atoms with Crippen LogP contribution in [0, 0.1) is 5.92 Å². The first kappa shape index (κ1) is 13.2. The van der Waals surface area contributed by atoms with Crippen LogP contribution in [0.3, 0.4) is 0 Å². The predicted molar refractivity (Wildman–Crippen MR) is 80.0 cm³/mol. The second-order valence-electron chi connectivity index (χ2n) is 5.78. The predicted octanol–water partition coefficient (Wildman–Crippen LogP) is 3.96. The number of hydrogen-bond donors (Lipinski definition) is 0. The third kappa shape index (κ3) is 2.86. The van der Waals surface area contributed by atoms with E-state index in [9.17, 15) is 4.79 Å². The van der Waals surface area contributed by atoms with E-state index >= 15 is 0 Å². The normalized spacial score (nSPS) is 21.2. The highest BCUT2D eigenvalue weighted by Gasteiger charge is 2.31. The molecule has 1 aromatic carbocycles. The number of nitrogens with zero attached hydrogens (tertiary/aromatic N) is 1. The Kier molecular flexibility index (Phi) is 3.92. The molecule has 102 valence electrons. The van der Waals surface area contributed by atoms with Gasteiger partial charge in [-0.1, -0.05) is 34.5 Å². The lowest BCUT2D eigenvalue weighted by Crippen LogP contribution is -2.43. The quantitative estimate of drug-likeness (QED) is 0.807. The molecule has 19 heavy (non-hydrogen) atoms. The fraction of sp³-hybridized carbons (Fsp3) is 0.562. The number of halogens is 1. The standard InChI is InChI=1S/C16H20BrNO/c17-15-6-2-5-14(11-15)12-7-9-18(10-8-12)16(19)13-3-1-4-13/h2,5-6,11-13H,1,3-4,7-10H2. The molecule has 3 heteroatoms. The van der Waals surface area contributed by atoms with Gasteiger partial charge < -0.3 is 4.90 Å². The van der Waals surface area contributed by atoms with Crippen LogP contribution < -0.4 is 0 Å². The molecule has 0 radical (unpaired) electrons. The largest absolute Gasteiger partial charge is 0.342 e. The minimum atomic E-state index is 0.349. The van der Waals surface area contributed by atoms with Gasteiger partial charge in [0.2, 0.25) is 5.91 Å². The van der Waals surface area contributed by atoms with Gasteiger partial charge in [0, 0.05) is 23.5 Å². The van der Waals surface area contributed by atoms with Crippen molar-refractivity contribution >= 4 is 21.8 Å². The highest BCUT2D eigenvalue weighted by molar-refractivity contribution is 9.10. The number of benzene rings is 1. The van der Waals surface area contributed by atoms with Crippen LogP contribution in [0.25, 0.3) is 0 Å². The molecule has 0 unspecified atom stereocenters. The van der Waals surface area contributed by atoms with Gasteiger partial charge in [-0.15, -0.1) is 0 Å². The SMILES string of the molecule is O=C(C1CCC1)N1CCC(c2cccc(Br)c2)CC1. The molecule has 0 N–H and O–H groups in total. The van der Waals surface area contributed by atoms with Gasteiger partial charge >= 0.3 is 0 Å². The first-order valence-electron chi connectivity index (χ1n) is 7.28. The Hall–Kier alpha value is -0.830. The first-order valence-corrected chi connectivity index (χ1v) is 8.07. The zero-order valence-corrected chi connectivity index (χ0v) is 12.7. The summed E-state index contributed by atoms with van der Waals surface area (Å²) >= 11 is 3.54. The van der Waals surface area contributed by atoms with E-state index in [0.29, 0.717) is 17.7 Å². The summed E-state index contributed by atoms with van der Waals surface area (Å²) in [6, 6.07) is 8.59. The van der Waals surface area contributed by atoms with E-state index in [1.165, 1.54) is 12.0 Å². The van der Waals surface area contributed by atoms with Crippen molar-refractivity contribution in [3.8, 4) is 0 Å². The molecule has 1 aromatic rings. The van der Waals surface area contributed by atoms with Crippen LogP contribution in [0.5, 0.6) is 0 Å². The Morgan fingerprint density at radius 3 is 2.47 bits per heavy atom. The first-order chi connectivity index (χ1) is 9.24. The zero-order valence-electron chi connectivity index (χ0n) is 11.1. The summed E-state index contributed by atoms with van der Waals surface area (Å²) in [4.78, 5) is 14.3. The van der Waals surface area contributed by atoms with Crippen LogP contribution in [0.2, 0.25) is 0 Å². The summed E-state index contributed by atoms with van der Waals surface area (Å²) in [5.74, 6) is 1.38. The number of amides is 1. The Labute approximate surface area is 123 Å². The molecule has 1 aliphatic heterocycles. The van der Waals surface area contributed by atoms with Crippen LogP contribution in [-0.4, -0.2) is 23.9 Å². The van der Waals surface area contributed by atoms with Gasteiger partial charge in [0.05, 0.1) is 0 Å². The van der Waals surface area contributed by atoms with Crippen molar-refractivity contribution in [2.24, 2.45) is 5.92 Å². The van der Waals surface area contributed by atoms with Gasteiger partial charge in [-0.2, -0.15) is 0 Å². The summed E-state index contributed by atoms with van der Waals surface area (Å²) in [5, 5.41) is 0. The number of carbonyl (C=O) groups excluding carboxylic acids is 1. The maximum Gasteiger partial charge on any atom is 0.225 e. The van der Waals surface area contributed by atoms with Crippen LogP contribution >= 0.6 is 15.9 Å². The van der Waals surface area contributed by atoms with Crippen LogP contribution in [0.15, 0.2) is 28.7 Å². The molecule has 2 nitrogen and oxygen atoms in total. The number of likely N-dealkylation sites (tertiary alicyclic amines) is 1. The van der Waals surface area contributed by atoms with E-state index in [4.69, 9.17) is 0 Å². The topological polar surface area (TPSA) is 20.3 Å². The highest BCUT2D eigenvalue weighted by Crippen LogP contribution is 2.33. The molecule has 0 spiro atoms. The third-order valence-corrected chi connectivity index (χ3v) is 5.07. The number of carbonyl (C=O) groups is 1. The highest BCUT2D eigenvalue weighted by atomic mass is 79.9. The summed E-state index contributed by atoms with van der Waals surface area (Å²) in [6.45, 7) is 1.87. The zero-order chi connectivity index (χ0) is 13.2. The van der Waals surface area contributed by atoms with Crippen LogP contribution in [0.4, 0.5) is 0 Å². The van der Waals surface area contributed by atoms with Gasteiger partial charge in [-0.25, -0.2) is 0 Å². The summed E-state index contributed by atoms with van der Waals surface area (Å²) in [5.41, 5.74) is 1.41. The van der Waals surface area contributed by atoms with E-state index in [0.717, 1.165) is 43.2 Å². The Morgan fingerprint density at radius 1 is 1.16 bits per heavy atom. The maximum atomic E-state index is 12.2. The average molecular weight is 322 g/mol. The number of rotatable bonds is 2. The minimum Gasteiger partial charge on any atom is -0.342 e. The van der Waals surface area contributed by atoms with Gasteiger partial charge in [0.25, 0.3) is 0 Å². The van der Waals surface area contributed by atoms with Crippen molar-refractivity contribution in [3.63, 3.8) is 0 Å². The maximum absolute atomic E-state index is 12.2. The number of piperidine rings is 1. The fourth-order valence-electron chi connectivity index (χ4n) is 3.11. The number of hydrogen-bond acceptors (Lipinski definition) is 1. The molecular formula is C16H20BrNO. The van der Waals surface area contributed by atoms with Crippen molar-refractivity contribution in [1.82, 2.24) is 4.90 Å². The monoisotopic (exact) mass is 321 g/mol. The van der Waals surface area contributed by atoms with Gasteiger partial charge in [0.15, 0.2) is 0 Å². The molecular weight excluding hydrogens is 302 g/mol. The molecule has 1 aliphatic carbocycles. The summed E-state index contributed by atoms with van der Waals surface area (Å²) in [6.07, 6.45) is 5.68. The lowest BCUT2D eigenvalue weighted by atomic mass is 9.83. The molecule has 1 saturated carbocycles. The van der Waals surface area contributed by atoms with Crippen molar-refractivity contribution in [2.45, 2.75) is 38.0 Å². The van der Waals surface area contributed by atoms with Crippen molar-refractivity contribution in [1.29, 1.82) is 0 Å². The Balaban J connectivity index is 1.58. The van der Waals surface area contributed by atoms with E-state index in [1.54, 1.807) is 0 Å². The van der Waals surface area contributed by atoms with Crippen LogP contribution in [-0.2, 0) is 4.79 Å². The van der Waals surface area contributed by atoms with Crippen LogP contribution in [0.1, 0.15) is 43.6 Å². The lowest BCUT2D eigenvalue weighted by molar-refractivity contribution is -0.139. The molecule has 0 aromatic heterocycles. The van der Waals surface area contributed by atoms with Gasteiger partial charge in [0.1, 0.15) is 0 Å². The Morgan fingerprint density at radius 2 is 1.89 bits per heavy atom. The van der Waals surface area contributed by atoms with E-state index < -0.39 is 0 Å². The second kappa shape index (κ2) is 5.66. The molecule has 3 rings (SSSR count). The van der Waals surface area contributed by atoms with E-state index in [2.05, 4.69) is 45.1 Å². The molecule has 1 saturated heterocycles. The minimum absolute atomic E-state index is 0.349.